The Morgan fingerprint density at radius 1 is 1.04 bits per heavy atom. The smallest absolute Gasteiger partial charge is 0.0746 e. The van der Waals surface area contributed by atoms with Crippen LogP contribution in [0.3, 0.4) is 0 Å². The number of hydrogen-bond acceptors (Lipinski definition) is 4. The molecule has 1 aromatic carbocycles. The number of pyridine rings is 2. The summed E-state index contributed by atoms with van der Waals surface area (Å²) in [5, 5.41) is 4.72. The quantitative estimate of drug-likeness (QED) is 0.795. The Morgan fingerprint density at radius 2 is 1.88 bits per heavy atom. The molecule has 124 valence electrons. The van der Waals surface area contributed by atoms with Gasteiger partial charge in [-0.1, -0.05) is 24.3 Å². The Hall–Kier alpha value is -2.01. The molecule has 24 heavy (non-hydrogen) atoms. The highest BCUT2D eigenvalue weighted by Gasteiger charge is 2.24. The summed E-state index contributed by atoms with van der Waals surface area (Å²) in [6, 6.07) is 15.2. The van der Waals surface area contributed by atoms with Crippen LogP contribution in [0.5, 0.6) is 0 Å². The number of hydrogen-bond donors (Lipinski definition) is 1. The van der Waals surface area contributed by atoms with Crippen molar-refractivity contribution in [3.63, 3.8) is 0 Å². The van der Waals surface area contributed by atoms with E-state index in [1.54, 1.807) is 0 Å². The number of fused-ring (bicyclic) bond motifs is 1. The summed E-state index contributed by atoms with van der Waals surface area (Å²) >= 11 is 0. The van der Waals surface area contributed by atoms with E-state index in [1.165, 1.54) is 16.5 Å². The maximum atomic E-state index is 4.59. The Bertz CT molecular complexity index is 788. The highest BCUT2D eigenvalue weighted by Crippen LogP contribution is 2.25. The van der Waals surface area contributed by atoms with Crippen molar-refractivity contribution < 1.29 is 0 Å². The third-order valence-electron chi connectivity index (χ3n) is 4.53. The number of piperazine rings is 1. The van der Waals surface area contributed by atoms with E-state index in [0.29, 0.717) is 6.04 Å². The minimum atomic E-state index is 0. The Labute approximate surface area is 148 Å². The van der Waals surface area contributed by atoms with Crippen molar-refractivity contribution in [2.45, 2.75) is 12.6 Å². The molecule has 4 rings (SSSR count). The molecule has 1 unspecified atom stereocenters. The van der Waals surface area contributed by atoms with Crippen LogP contribution in [-0.4, -0.2) is 34.5 Å². The van der Waals surface area contributed by atoms with Gasteiger partial charge in [-0.25, -0.2) is 0 Å². The van der Waals surface area contributed by atoms with Crippen LogP contribution in [0.15, 0.2) is 61.1 Å². The van der Waals surface area contributed by atoms with Crippen LogP contribution in [0.1, 0.15) is 17.2 Å². The molecular weight excluding hydrogens is 320 g/mol. The lowest BCUT2D eigenvalue weighted by Gasteiger charge is -2.36. The normalized spacial score (nSPS) is 18.2. The molecule has 3 aromatic rings. The van der Waals surface area contributed by atoms with Gasteiger partial charge in [0.05, 0.1) is 5.52 Å². The van der Waals surface area contributed by atoms with Crippen LogP contribution in [0.25, 0.3) is 10.9 Å². The molecule has 0 amide bonds. The molecule has 2 aromatic heterocycles. The van der Waals surface area contributed by atoms with Crippen LogP contribution >= 0.6 is 12.4 Å². The van der Waals surface area contributed by atoms with Crippen LogP contribution < -0.4 is 5.32 Å². The van der Waals surface area contributed by atoms with Crippen LogP contribution in [-0.2, 0) is 6.54 Å². The average molecular weight is 341 g/mol. The van der Waals surface area contributed by atoms with Crippen LogP contribution in [0.2, 0.25) is 0 Å². The number of rotatable bonds is 3. The van der Waals surface area contributed by atoms with E-state index >= 15 is 0 Å². The fraction of sp³-hybridized carbons (Fsp3) is 0.263. The van der Waals surface area contributed by atoms with Crippen LogP contribution in [0.4, 0.5) is 0 Å². The molecule has 1 fully saturated rings. The Kier molecular flexibility index (Phi) is 5.41. The largest absolute Gasteiger partial charge is 0.314 e. The van der Waals surface area contributed by atoms with Gasteiger partial charge in [-0.2, -0.15) is 0 Å². The zero-order valence-corrected chi connectivity index (χ0v) is 14.2. The van der Waals surface area contributed by atoms with Gasteiger partial charge in [0.15, 0.2) is 0 Å². The lowest BCUT2D eigenvalue weighted by Crippen LogP contribution is -2.45. The topological polar surface area (TPSA) is 41.1 Å². The average Bonchev–Trinajstić information content (AvgIpc) is 2.63. The number of para-hydroxylation sites is 1. The van der Waals surface area contributed by atoms with E-state index < -0.39 is 0 Å². The summed E-state index contributed by atoms with van der Waals surface area (Å²) in [5.41, 5.74) is 3.73. The summed E-state index contributed by atoms with van der Waals surface area (Å²) in [4.78, 5) is 11.3. The fourth-order valence-electron chi connectivity index (χ4n) is 3.36. The van der Waals surface area contributed by atoms with Gasteiger partial charge in [-0.15, -0.1) is 12.4 Å². The maximum Gasteiger partial charge on any atom is 0.0746 e. The predicted molar refractivity (Wildman–Crippen MR) is 99.2 cm³/mol. The number of benzene rings is 1. The standard InChI is InChI=1S/C19H20N4.ClH/c1-3-16-5-2-8-22-19(16)17(4-1)14-23-12-11-21-13-18(23)15-6-9-20-10-7-15;/h1-10,18,21H,11-14H2;1H. The first kappa shape index (κ1) is 16.8. The number of aromatic nitrogens is 2. The van der Waals surface area contributed by atoms with E-state index in [9.17, 15) is 0 Å². The van der Waals surface area contributed by atoms with Crippen molar-refractivity contribution >= 4 is 23.3 Å². The van der Waals surface area contributed by atoms with Crippen molar-refractivity contribution in [2.24, 2.45) is 0 Å². The highest BCUT2D eigenvalue weighted by atomic mass is 35.5. The molecular formula is C19H21ClN4. The molecule has 0 aliphatic carbocycles. The van der Waals surface area contributed by atoms with Gasteiger partial charge < -0.3 is 5.32 Å². The predicted octanol–water partition coefficient (Wildman–Crippen LogP) is 3.20. The third-order valence-corrected chi connectivity index (χ3v) is 4.53. The lowest BCUT2D eigenvalue weighted by atomic mass is 10.0. The monoisotopic (exact) mass is 340 g/mol. The molecule has 1 saturated heterocycles. The zero-order valence-electron chi connectivity index (χ0n) is 13.4. The van der Waals surface area contributed by atoms with E-state index in [4.69, 9.17) is 0 Å². The van der Waals surface area contributed by atoms with E-state index in [-0.39, 0.29) is 12.4 Å². The second-order valence-corrected chi connectivity index (χ2v) is 5.96. The van der Waals surface area contributed by atoms with E-state index in [0.717, 1.165) is 31.7 Å². The fourth-order valence-corrected chi connectivity index (χ4v) is 3.36. The molecule has 4 nitrogen and oxygen atoms in total. The second kappa shape index (κ2) is 7.71. The highest BCUT2D eigenvalue weighted by molar-refractivity contribution is 5.85. The summed E-state index contributed by atoms with van der Waals surface area (Å²) < 4.78 is 0. The van der Waals surface area contributed by atoms with Gasteiger partial charge in [0.2, 0.25) is 0 Å². The maximum absolute atomic E-state index is 4.59. The molecule has 1 atom stereocenters. The molecule has 0 saturated carbocycles. The van der Waals surface area contributed by atoms with Crippen molar-refractivity contribution in [1.82, 2.24) is 20.2 Å². The first-order valence-electron chi connectivity index (χ1n) is 8.09. The number of halogens is 1. The van der Waals surface area contributed by atoms with Crippen molar-refractivity contribution in [3.8, 4) is 0 Å². The molecule has 1 aliphatic heterocycles. The van der Waals surface area contributed by atoms with Crippen molar-refractivity contribution in [3.05, 3.63) is 72.2 Å². The zero-order chi connectivity index (χ0) is 15.5. The Morgan fingerprint density at radius 3 is 2.75 bits per heavy atom. The summed E-state index contributed by atoms with van der Waals surface area (Å²) in [6.45, 7) is 3.96. The van der Waals surface area contributed by atoms with E-state index in [1.807, 2.05) is 24.7 Å². The van der Waals surface area contributed by atoms with Crippen LogP contribution in [0, 0.1) is 0 Å². The van der Waals surface area contributed by atoms with E-state index in [2.05, 4.69) is 56.6 Å². The third kappa shape index (κ3) is 3.41. The lowest BCUT2D eigenvalue weighted by molar-refractivity contribution is 0.154. The van der Waals surface area contributed by atoms with Gasteiger partial charge >= 0.3 is 0 Å². The first-order valence-corrected chi connectivity index (χ1v) is 8.09. The molecule has 0 bridgehead atoms. The molecule has 0 spiro atoms. The molecule has 1 N–H and O–H groups in total. The molecule has 5 heteroatoms. The first-order chi connectivity index (χ1) is 11.4. The minimum absolute atomic E-state index is 0. The molecule has 3 heterocycles. The van der Waals surface area contributed by atoms with Gasteiger partial charge in [-0.3, -0.25) is 14.9 Å². The summed E-state index contributed by atoms with van der Waals surface area (Å²) in [6.07, 6.45) is 5.63. The summed E-state index contributed by atoms with van der Waals surface area (Å²) in [5.74, 6) is 0. The SMILES string of the molecule is Cl.c1cnc2c(CN3CCNCC3c3ccncc3)cccc2c1. The minimum Gasteiger partial charge on any atom is -0.314 e. The number of nitrogens with zero attached hydrogens (tertiary/aromatic N) is 3. The second-order valence-electron chi connectivity index (χ2n) is 5.96. The van der Waals surface area contributed by atoms with Gasteiger partial charge in [0.25, 0.3) is 0 Å². The number of nitrogens with one attached hydrogen (secondary N) is 1. The Balaban J connectivity index is 0.00000169. The van der Waals surface area contributed by atoms with Gasteiger partial charge in [0.1, 0.15) is 0 Å². The van der Waals surface area contributed by atoms with Gasteiger partial charge in [0, 0.05) is 56.2 Å². The van der Waals surface area contributed by atoms with Crippen molar-refractivity contribution in [1.29, 1.82) is 0 Å². The van der Waals surface area contributed by atoms with Crippen molar-refractivity contribution in [2.75, 3.05) is 19.6 Å². The molecule has 1 aliphatic rings. The summed E-state index contributed by atoms with van der Waals surface area (Å²) in [7, 11) is 0. The van der Waals surface area contributed by atoms with Gasteiger partial charge in [-0.05, 0) is 29.3 Å². The molecule has 0 radical (unpaired) electrons.